The highest BCUT2D eigenvalue weighted by Crippen LogP contribution is 2.23. The fourth-order valence-electron chi connectivity index (χ4n) is 6.09. The van der Waals surface area contributed by atoms with Gasteiger partial charge in [-0.15, -0.1) is 0 Å². The zero-order chi connectivity index (χ0) is 45.6. The highest BCUT2D eigenvalue weighted by Gasteiger charge is 2.27. The summed E-state index contributed by atoms with van der Waals surface area (Å²) in [5.74, 6) is -2.83. The number of hydrogen-bond donors (Lipinski definition) is 6. The van der Waals surface area contributed by atoms with Crippen molar-refractivity contribution in [2.24, 2.45) is 5.92 Å². The van der Waals surface area contributed by atoms with Crippen LogP contribution in [0.4, 0.5) is 15.8 Å². The molecule has 0 spiro atoms. The summed E-state index contributed by atoms with van der Waals surface area (Å²) in [5.41, 5.74) is 1.52. The summed E-state index contributed by atoms with van der Waals surface area (Å²) in [6.07, 6.45) is 0.619. The van der Waals surface area contributed by atoms with Crippen molar-refractivity contribution in [2.45, 2.75) is 66.3 Å². The number of anilines is 2. The molecular weight excluding hydrogens is 820 g/mol. The number of carbonyl (C=O) groups is 5. The molecule has 2 atom stereocenters. The van der Waals surface area contributed by atoms with E-state index in [2.05, 4.69) is 36.7 Å². The van der Waals surface area contributed by atoms with Crippen LogP contribution < -0.4 is 42.6 Å². The van der Waals surface area contributed by atoms with Crippen molar-refractivity contribution in [3.63, 3.8) is 0 Å². The topological polar surface area (TPSA) is 245 Å². The minimum atomic E-state index is -1.10. The molecule has 0 unspecified atom stereocenters. The maximum atomic E-state index is 13.6. The van der Waals surface area contributed by atoms with Crippen LogP contribution in [0.15, 0.2) is 93.1 Å². The third-order valence-corrected chi connectivity index (χ3v) is 9.67. The van der Waals surface area contributed by atoms with Gasteiger partial charge in [0.25, 0.3) is 17.4 Å². The number of halogens is 1. The van der Waals surface area contributed by atoms with Crippen LogP contribution >= 0.6 is 0 Å². The molecule has 19 heteroatoms. The summed E-state index contributed by atoms with van der Waals surface area (Å²) >= 11 is 0. The summed E-state index contributed by atoms with van der Waals surface area (Å²) in [4.78, 5) is 90.9. The Morgan fingerprint density at radius 2 is 1.60 bits per heavy atom. The van der Waals surface area contributed by atoms with Crippen molar-refractivity contribution in [3.05, 3.63) is 139 Å². The van der Waals surface area contributed by atoms with Gasteiger partial charge in [0.05, 0.1) is 36.6 Å². The van der Waals surface area contributed by atoms with Crippen LogP contribution in [0.1, 0.15) is 70.5 Å². The second-order valence-electron chi connectivity index (χ2n) is 14.8. The number of H-pyrrole nitrogens is 1. The second kappa shape index (κ2) is 21.9. The van der Waals surface area contributed by atoms with E-state index in [4.69, 9.17) is 14.0 Å². The molecule has 5 amide bonds. The number of nitrogens with one attached hydrogen (secondary N) is 6. The maximum Gasteiger partial charge on any atom is 0.328 e. The molecule has 0 bridgehead atoms. The molecule has 0 aliphatic rings. The first kappa shape index (κ1) is 46.7. The average Bonchev–Trinajstić information content (AvgIpc) is 3.59. The van der Waals surface area contributed by atoms with Crippen LogP contribution in [-0.2, 0) is 32.3 Å². The third-order valence-electron chi connectivity index (χ3n) is 9.67. The number of rotatable bonds is 20. The number of hydrogen-bond acceptors (Lipinski definition) is 11. The standard InChI is InChI=1S/C44H49FN8O10/c1-25(2)38(42(58)48-27(4)39(55)49-31-15-13-29(14-16-31)23-53-43(59)35(45)22-47-44(53)60)51-37(54)17-19-61-20-18-46-40(56)30-9-8-10-32(21-30)50-41(57)33-11-6-7-12-36(33)62-24-34-26(3)52-63-28(34)5/h6-16,21-22,25,27,38H,17-20,23-24H2,1-5H3,(H,46,56)(H,47,60)(H,48,58)(H,49,55)(H,50,57)(H,51,54)/t27-,38-/m0/s1. The molecule has 6 N–H and O–H groups in total. The number of benzene rings is 3. The van der Waals surface area contributed by atoms with Gasteiger partial charge in [-0.1, -0.05) is 49.3 Å². The smallest absolute Gasteiger partial charge is 0.328 e. The Morgan fingerprint density at radius 1 is 0.857 bits per heavy atom. The average molecular weight is 869 g/mol. The van der Waals surface area contributed by atoms with E-state index in [0.29, 0.717) is 56.0 Å². The minimum absolute atomic E-state index is 0.00605. The number of para-hydroxylation sites is 1. The molecule has 332 valence electrons. The molecule has 0 radical (unpaired) electrons. The van der Waals surface area contributed by atoms with Crippen LogP contribution in [0.5, 0.6) is 5.75 Å². The molecule has 0 fully saturated rings. The van der Waals surface area contributed by atoms with E-state index >= 15 is 0 Å². The number of carbonyl (C=O) groups excluding carboxylic acids is 5. The largest absolute Gasteiger partial charge is 0.488 e. The lowest BCUT2D eigenvalue weighted by atomic mass is 10.0. The van der Waals surface area contributed by atoms with E-state index in [0.717, 1.165) is 5.56 Å². The van der Waals surface area contributed by atoms with Crippen molar-refractivity contribution in [1.82, 2.24) is 30.7 Å². The number of amides is 5. The summed E-state index contributed by atoms with van der Waals surface area (Å²) in [5, 5.41) is 17.4. The molecule has 3 aromatic carbocycles. The van der Waals surface area contributed by atoms with E-state index in [1.165, 1.54) is 25.1 Å². The molecule has 5 aromatic rings. The molecule has 0 saturated heterocycles. The highest BCUT2D eigenvalue weighted by molar-refractivity contribution is 6.07. The quantitative estimate of drug-likeness (QED) is 0.0618. The van der Waals surface area contributed by atoms with E-state index in [1.807, 2.05) is 6.92 Å². The number of ether oxygens (including phenoxy) is 2. The molecule has 5 rings (SSSR count). The second-order valence-corrected chi connectivity index (χ2v) is 14.8. The van der Waals surface area contributed by atoms with Gasteiger partial charge in [0.15, 0.2) is 0 Å². The maximum absolute atomic E-state index is 13.6. The van der Waals surface area contributed by atoms with Crippen molar-refractivity contribution < 1.29 is 42.4 Å². The van der Waals surface area contributed by atoms with Gasteiger partial charge in [0, 0.05) is 36.1 Å². The molecule has 63 heavy (non-hydrogen) atoms. The van der Waals surface area contributed by atoms with E-state index < -0.39 is 58.7 Å². The summed E-state index contributed by atoms with van der Waals surface area (Å²) in [6, 6.07) is 17.4. The fourth-order valence-corrected chi connectivity index (χ4v) is 6.09. The Kier molecular flexibility index (Phi) is 16.2. The van der Waals surface area contributed by atoms with Crippen molar-refractivity contribution >= 4 is 40.9 Å². The predicted octanol–water partition coefficient (Wildman–Crippen LogP) is 3.58. The van der Waals surface area contributed by atoms with Crippen LogP contribution in [-0.4, -0.2) is 76.1 Å². The fraction of sp³-hybridized carbons (Fsp3) is 0.318. The first-order chi connectivity index (χ1) is 30.1. The lowest BCUT2D eigenvalue weighted by Crippen LogP contribution is -2.53. The first-order valence-electron chi connectivity index (χ1n) is 20.0. The Labute approximate surface area is 360 Å². The normalized spacial score (nSPS) is 11.9. The number of aromatic nitrogens is 3. The molecule has 0 aliphatic heterocycles. The molecule has 18 nitrogen and oxygen atoms in total. The molecule has 2 heterocycles. The molecular formula is C44H49FN8O10. The zero-order valence-corrected chi connectivity index (χ0v) is 35.3. The van der Waals surface area contributed by atoms with Crippen molar-refractivity contribution in [3.8, 4) is 5.75 Å². The Bertz CT molecular complexity index is 2530. The lowest BCUT2D eigenvalue weighted by molar-refractivity contribution is -0.132. The van der Waals surface area contributed by atoms with Crippen LogP contribution in [0.3, 0.4) is 0 Å². The number of aryl methyl sites for hydroxylation is 2. The molecule has 0 saturated carbocycles. The summed E-state index contributed by atoms with van der Waals surface area (Å²) in [7, 11) is 0. The predicted molar refractivity (Wildman–Crippen MR) is 229 cm³/mol. The van der Waals surface area contributed by atoms with E-state index in [9.17, 15) is 38.0 Å². The Balaban J connectivity index is 1.00. The Hall–Kier alpha value is -7.41. The van der Waals surface area contributed by atoms with Gasteiger partial charge in [-0.2, -0.15) is 4.39 Å². The third kappa shape index (κ3) is 13.0. The van der Waals surface area contributed by atoms with E-state index in [1.54, 1.807) is 75.4 Å². The van der Waals surface area contributed by atoms with Gasteiger partial charge >= 0.3 is 5.69 Å². The first-order valence-corrected chi connectivity index (χ1v) is 20.0. The number of aromatic amines is 1. The van der Waals surface area contributed by atoms with Crippen LogP contribution in [0, 0.1) is 25.6 Å². The van der Waals surface area contributed by atoms with Gasteiger partial charge in [-0.25, -0.2) is 4.79 Å². The van der Waals surface area contributed by atoms with Crippen LogP contribution in [0.2, 0.25) is 0 Å². The zero-order valence-electron chi connectivity index (χ0n) is 35.3. The lowest BCUT2D eigenvalue weighted by Gasteiger charge is -2.24. The van der Waals surface area contributed by atoms with Crippen molar-refractivity contribution in [2.75, 3.05) is 30.4 Å². The highest BCUT2D eigenvalue weighted by atomic mass is 19.1. The van der Waals surface area contributed by atoms with Crippen LogP contribution in [0.25, 0.3) is 0 Å². The minimum Gasteiger partial charge on any atom is -0.488 e. The SMILES string of the molecule is Cc1noc(C)c1COc1ccccc1C(=O)Nc1cccc(C(=O)NCCOCCC(=O)N[C@H](C(=O)N[C@@H](C)C(=O)Nc2ccc(Cn3c(=O)[nH]cc(F)c3=O)cc2)C(C)C)c1. The number of nitrogens with zero attached hydrogens (tertiary/aromatic N) is 2. The van der Waals surface area contributed by atoms with Gasteiger partial charge in [-0.05, 0) is 74.7 Å². The van der Waals surface area contributed by atoms with Gasteiger partial charge in [0.2, 0.25) is 23.5 Å². The Morgan fingerprint density at radius 3 is 2.32 bits per heavy atom. The van der Waals surface area contributed by atoms with E-state index in [-0.39, 0.29) is 45.2 Å². The molecule has 2 aromatic heterocycles. The van der Waals surface area contributed by atoms with Crippen molar-refractivity contribution in [1.29, 1.82) is 0 Å². The van der Waals surface area contributed by atoms with Gasteiger partial charge < -0.3 is 45.6 Å². The molecule has 0 aliphatic carbocycles. The summed E-state index contributed by atoms with van der Waals surface area (Å²) in [6.45, 7) is 8.76. The van der Waals surface area contributed by atoms with Gasteiger partial charge in [-0.3, -0.25) is 33.3 Å². The monoisotopic (exact) mass is 868 g/mol. The van der Waals surface area contributed by atoms with Gasteiger partial charge in [0.1, 0.15) is 30.2 Å². The summed E-state index contributed by atoms with van der Waals surface area (Å²) < 4.78 is 31.0.